The van der Waals surface area contributed by atoms with E-state index in [2.05, 4.69) is 15.0 Å². The number of halogens is 3. The second-order valence-corrected chi connectivity index (χ2v) is 7.75. The molecule has 31 heavy (non-hydrogen) atoms. The van der Waals surface area contributed by atoms with Crippen molar-refractivity contribution in [1.29, 1.82) is 0 Å². The van der Waals surface area contributed by atoms with Crippen LogP contribution in [0, 0.1) is 0 Å². The number of para-hydroxylation sites is 1. The predicted octanol–water partition coefficient (Wildman–Crippen LogP) is 6.06. The largest absolute Gasteiger partial charge is 0.416 e. The van der Waals surface area contributed by atoms with E-state index in [9.17, 15) is 13.2 Å². The van der Waals surface area contributed by atoms with Gasteiger partial charge in [0.15, 0.2) is 0 Å². The summed E-state index contributed by atoms with van der Waals surface area (Å²) in [4.78, 5) is 9.55. The highest BCUT2D eigenvalue weighted by Crippen LogP contribution is 2.32. The van der Waals surface area contributed by atoms with Crippen LogP contribution in [0.3, 0.4) is 0 Å². The second kappa shape index (κ2) is 9.36. The standard InChI is InChI=1S/C23H19F3N4S/c24-23(25,26)18-7-10-20(11-8-18)31-30-21-5-1-4-17-6-9-19(29-22(17)21)15-28-14-16-3-2-12-27-13-16/h1-13,28,30H,14-15H2. The minimum Gasteiger partial charge on any atom is -0.324 e. The van der Waals surface area contributed by atoms with Crippen molar-refractivity contribution >= 4 is 28.5 Å². The van der Waals surface area contributed by atoms with Crippen molar-refractivity contribution in [2.75, 3.05) is 4.72 Å². The molecule has 2 heterocycles. The maximum Gasteiger partial charge on any atom is 0.416 e. The summed E-state index contributed by atoms with van der Waals surface area (Å²) in [7, 11) is 0. The van der Waals surface area contributed by atoms with E-state index in [1.54, 1.807) is 6.20 Å². The van der Waals surface area contributed by atoms with Gasteiger partial charge >= 0.3 is 6.18 Å². The SMILES string of the molecule is FC(F)(F)c1ccc(SNc2cccc3ccc(CNCc4cccnc4)nc23)cc1. The summed E-state index contributed by atoms with van der Waals surface area (Å²) in [6.45, 7) is 1.29. The number of fused-ring (bicyclic) bond motifs is 1. The van der Waals surface area contributed by atoms with Crippen molar-refractivity contribution in [3.05, 3.63) is 95.9 Å². The lowest BCUT2D eigenvalue weighted by molar-refractivity contribution is -0.137. The first-order chi connectivity index (χ1) is 15.0. The van der Waals surface area contributed by atoms with Gasteiger partial charge in [0.25, 0.3) is 0 Å². The molecule has 0 radical (unpaired) electrons. The van der Waals surface area contributed by atoms with Crippen molar-refractivity contribution in [3.63, 3.8) is 0 Å². The van der Waals surface area contributed by atoms with E-state index >= 15 is 0 Å². The van der Waals surface area contributed by atoms with Gasteiger partial charge in [-0.05, 0) is 60.0 Å². The molecule has 158 valence electrons. The minimum absolute atomic E-state index is 0.602. The predicted molar refractivity (Wildman–Crippen MR) is 117 cm³/mol. The number of aromatic nitrogens is 2. The second-order valence-electron chi connectivity index (χ2n) is 6.87. The number of hydrogen-bond acceptors (Lipinski definition) is 5. The van der Waals surface area contributed by atoms with Gasteiger partial charge in [-0.1, -0.05) is 24.3 Å². The smallest absolute Gasteiger partial charge is 0.324 e. The van der Waals surface area contributed by atoms with E-state index in [0.29, 0.717) is 18.0 Å². The molecule has 4 aromatic rings. The van der Waals surface area contributed by atoms with Crippen molar-refractivity contribution in [3.8, 4) is 0 Å². The van der Waals surface area contributed by atoms with Crippen LogP contribution in [0.1, 0.15) is 16.8 Å². The number of hydrogen-bond donors (Lipinski definition) is 2. The fourth-order valence-electron chi connectivity index (χ4n) is 3.03. The first-order valence-electron chi connectivity index (χ1n) is 9.57. The van der Waals surface area contributed by atoms with Gasteiger partial charge in [0.2, 0.25) is 0 Å². The van der Waals surface area contributed by atoms with E-state index in [1.165, 1.54) is 24.1 Å². The Morgan fingerprint density at radius 2 is 1.71 bits per heavy atom. The summed E-state index contributed by atoms with van der Waals surface area (Å²) in [5, 5.41) is 4.34. The zero-order valence-corrected chi connectivity index (χ0v) is 17.2. The Bertz CT molecular complexity index is 1150. The number of nitrogens with zero attached hydrogens (tertiary/aromatic N) is 2. The third-order valence-electron chi connectivity index (χ3n) is 4.60. The normalized spacial score (nSPS) is 11.6. The van der Waals surface area contributed by atoms with Gasteiger partial charge in [0.1, 0.15) is 0 Å². The Morgan fingerprint density at radius 1 is 0.871 bits per heavy atom. The molecule has 0 bridgehead atoms. The van der Waals surface area contributed by atoms with Crippen molar-refractivity contribution in [2.24, 2.45) is 0 Å². The maximum absolute atomic E-state index is 12.7. The van der Waals surface area contributed by atoms with Crippen molar-refractivity contribution in [2.45, 2.75) is 24.2 Å². The summed E-state index contributed by atoms with van der Waals surface area (Å²) in [6.07, 6.45) is -0.773. The van der Waals surface area contributed by atoms with Crippen LogP contribution >= 0.6 is 11.9 Å². The van der Waals surface area contributed by atoms with E-state index in [1.807, 2.05) is 48.7 Å². The van der Waals surface area contributed by atoms with Crippen LogP contribution in [0.15, 0.2) is 84.0 Å². The van der Waals surface area contributed by atoms with Gasteiger partial charge in [-0.2, -0.15) is 13.2 Å². The first-order valence-corrected chi connectivity index (χ1v) is 10.4. The average Bonchev–Trinajstić information content (AvgIpc) is 2.78. The Balaban J connectivity index is 1.44. The molecule has 0 aliphatic carbocycles. The van der Waals surface area contributed by atoms with Crippen LogP contribution in [-0.4, -0.2) is 9.97 Å². The van der Waals surface area contributed by atoms with E-state index in [4.69, 9.17) is 4.98 Å². The Hall–Kier alpha value is -3.10. The third kappa shape index (κ3) is 5.53. The number of rotatable bonds is 7. The molecule has 0 fully saturated rings. The number of benzene rings is 2. The fourth-order valence-corrected chi connectivity index (χ4v) is 3.70. The maximum atomic E-state index is 12.7. The molecule has 2 aromatic carbocycles. The number of alkyl halides is 3. The topological polar surface area (TPSA) is 49.8 Å². The number of pyridine rings is 2. The van der Waals surface area contributed by atoms with E-state index in [0.717, 1.165) is 40.0 Å². The van der Waals surface area contributed by atoms with Crippen LogP contribution in [-0.2, 0) is 19.3 Å². The van der Waals surface area contributed by atoms with Crippen molar-refractivity contribution < 1.29 is 13.2 Å². The Morgan fingerprint density at radius 3 is 2.45 bits per heavy atom. The highest BCUT2D eigenvalue weighted by Gasteiger charge is 2.29. The molecule has 2 aromatic heterocycles. The Labute approximate surface area is 182 Å². The first kappa shape index (κ1) is 21.1. The Kier molecular flexibility index (Phi) is 6.39. The molecule has 0 aliphatic heterocycles. The zero-order valence-electron chi connectivity index (χ0n) is 16.4. The van der Waals surface area contributed by atoms with Crippen molar-refractivity contribution in [1.82, 2.24) is 15.3 Å². The molecule has 4 nitrogen and oxygen atoms in total. The quantitative estimate of drug-likeness (QED) is 0.342. The summed E-state index contributed by atoms with van der Waals surface area (Å²) in [5.74, 6) is 0. The molecule has 0 amide bonds. The minimum atomic E-state index is -4.34. The van der Waals surface area contributed by atoms with Gasteiger partial charge in [-0.25, -0.2) is 4.98 Å². The van der Waals surface area contributed by atoms with Crippen LogP contribution in [0.2, 0.25) is 0 Å². The van der Waals surface area contributed by atoms with Gasteiger partial charge in [-0.15, -0.1) is 0 Å². The lowest BCUT2D eigenvalue weighted by Crippen LogP contribution is -2.13. The van der Waals surface area contributed by atoms with Crippen LogP contribution in [0.4, 0.5) is 18.9 Å². The molecule has 8 heteroatoms. The molecule has 0 saturated carbocycles. The molecule has 0 unspecified atom stereocenters. The summed E-state index contributed by atoms with van der Waals surface area (Å²) >= 11 is 1.25. The molecular weight excluding hydrogens is 421 g/mol. The van der Waals surface area contributed by atoms with Gasteiger partial charge < -0.3 is 10.0 Å². The molecular formula is C23H19F3N4S. The van der Waals surface area contributed by atoms with Gasteiger partial charge in [0.05, 0.1) is 22.5 Å². The summed E-state index contributed by atoms with van der Waals surface area (Å²) in [5.41, 5.74) is 2.94. The lowest BCUT2D eigenvalue weighted by atomic mass is 10.1. The lowest BCUT2D eigenvalue weighted by Gasteiger charge is -2.11. The molecule has 0 aliphatic rings. The molecule has 0 atom stereocenters. The highest BCUT2D eigenvalue weighted by molar-refractivity contribution is 8.00. The van der Waals surface area contributed by atoms with E-state index < -0.39 is 11.7 Å². The number of anilines is 1. The molecule has 0 saturated heterocycles. The average molecular weight is 440 g/mol. The highest BCUT2D eigenvalue weighted by atomic mass is 32.2. The third-order valence-corrected chi connectivity index (χ3v) is 5.43. The fraction of sp³-hybridized carbons (Fsp3) is 0.130. The summed E-state index contributed by atoms with van der Waals surface area (Å²) in [6, 6.07) is 18.8. The van der Waals surface area contributed by atoms with Gasteiger partial charge in [0, 0.05) is 35.8 Å². The van der Waals surface area contributed by atoms with Gasteiger partial charge in [-0.3, -0.25) is 4.98 Å². The van der Waals surface area contributed by atoms with Crippen LogP contribution < -0.4 is 10.0 Å². The van der Waals surface area contributed by atoms with Crippen LogP contribution in [0.5, 0.6) is 0 Å². The molecule has 0 spiro atoms. The van der Waals surface area contributed by atoms with Crippen LogP contribution in [0.25, 0.3) is 10.9 Å². The summed E-state index contributed by atoms with van der Waals surface area (Å²) < 4.78 is 41.4. The zero-order chi connectivity index (χ0) is 21.7. The number of nitrogens with one attached hydrogen (secondary N) is 2. The molecule has 4 rings (SSSR count). The monoisotopic (exact) mass is 440 g/mol. The molecule has 2 N–H and O–H groups in total. The van der Waals surface area contributed by atoms with E-state index in [-0.39, 0.29) is 0 Å².